The van der Waals surface area contributed by atoms with Crippen molar-refractivity contribution in [3.8, 4) is 0 Å². The van der Waals surface area contributed by atoms with Crippen molar-refractivity contribution in [3.05, 3.63) is 12.4 Å². The lowest BCUT2D eigenvalue weighted by molar-refractivity contribution is 0.572. The van der Waals surface area contributed by atoms with Gasteiger partial charge in [0.25, 0.3) is 0 Å². The highest BCUT2D eigenvalue weighted by atomic mass is 32.2. The molecule has 2 aromatic rings. The Morgan fingerprint density at radius 1 is 1.33 bits per heavy atom. The third kappa shape index (κ3) is 2.40. The Hall–Kier alpha value is -1.37. The largest absolute Gasteiger partial charge is 0.367 e. The molecule has 2 aromatic heterocycles. The molecule has 18 heavy (non-hydrogen) atoms. The molecule has 2 rings (SSSR count). The maximum atomic E-state index is 4.13. The molecule has 1 N–H and O–H groups in total. The van der Waals surface area contributed by atoms with Crippen LogP contribution in [0, 0.1) is 0 Å². The van der Waals surface area contributed by atoms with Gasteiger partial charge in [-0.05, 0) is 29.5 Å². The van der Waals surface area contributed by atoms with Crippen molar-refractivity contribution in [2.45, 2.75) is 31.4 Å². The second kappa shape index (κ2) is 5.51. The Bertz CT molecular complexity index is 499. The van der Waals surface area contributed by atoms with E-state index >= 15 is 0 Å². The van der Waals surface area contributed by atoms with Gasteiger partial charge >= 0.3 is 0 Å². The fourth-order valence-corrected chi connectivity index (χ4v) is 2.70. The fourth-order valence-electron chi connectivity index (χ4n) is 1.91. The average Bonchev–Trinajstić information content (AvgIpc) is 2.90. The standard InChI is InChI=1S/C11H18N6S/c1-4-11(5-2,18-3)8-13-9-6-12-7-10-14-15-16-17(9)10/h6-7,13H,4-5,8H2,1-3H3. The molecule has 0 saturated heterocycles. The number of hydrogen-bond donors (Lipinski definition) is 1. The summed E-state index contributed by atoms with van der Waals surface area (Å²) in [6, 6.07) is 0. The van der Waals surface area contributed by atoms with Crippen molar-refractivity contribution in [1.82, 2.24) is 25.0 Å². The molecule has 0 bridgehead atoms. The fraction of sp³-hybridized carbons (Fsp3) is 0.636. The van der Waals surface area contributed by atoms with E-state index in [9.17, 15) is 0 Å². The zero-order valence-corrected chi connectivity index (χ0v) is 11.7. The van der Waals surface area contributed by atoms with E-state index in [1.54, 1.807) is 16.9 Å². The van der Waals surface area contributed by atoms with E-state index in [-0.39, 0.29) is 4.75 Å². The van der Waals surface area contributed by atoms with E-state index in [1.165, 1.54) is 0 Å². The van der Waals surface area contributed by atoms with Gasteiger partial charge in [0.15, 0.2) is 5.65 Å². The number of tetrazole rings is 1. The van der Waals surface area contributed by atoms with E-state index in [0.29, 0.717) is 5.65 Å². The number of rotatable bonds is 6. The van der Waals surface area contributed by atoms with E-state index < -0.39 is 0 Å². The summed E-state index contributed by atoms with van der Waals surface area (Å²) in [6.07, 6.45) is 7.80. The van der Waals surface area contributed by atoms with Crippen LogP contribution in [0.4, 0.5) is 5.82 Å². The molecular formula is C11H18N6S. The molecular weight excluding hydrogens is 248 g/mol. The van der Waals surface area contributed by atoms with Crippen LogP contribution >= 0.6 is 11.8 Å². The van der Waals surface area contributed by atoms with Crippen LogP contribution in [0.25, 0.3) is 5.65 Å². The first-order valence-electron chi connectivity index (χ1n) is 6.06. The predicted octanol–water partition coefficient (Wildman–Crippen LogP) is 1.85. The van der Waals surface area contributed by atoms with Crippen LogP contribution in [0.15, 0.2) is 12.4 Å². The summed E-state index contributed by atoms with van der Waals surface area (Å²) in [5.41, 5.74) is 0.655. The van der Waals surface area contributed by atoms with Gasteiger partial charge in [-0.25, -0.2) is 0 Å². The van der Waals surface area contributed by atoms with Crippen LogP contribution in [0.5, 0.6) is 0 Å². The van der Waals surface area contributed by atoms with Gasteiger partial charge in [-0.15, -0.1) is 5.10 Å². The first-order chi connectivity index (χ1) is 8.74. The lowest BCUT2D eigenvalue weighted by atomic mass is 10.0. The van der Waals surface area contributed by atoms with Gasteiger partial charge < -0.3 is 5.32 Å². The molecule has 0 fully saturated rings. The number of anilines is 1. The van der Waals surface area contributed by atoms with Gasteiger partial charge in [0, 0.05) is 11.3 Å². The molecule has 98 valence electrons. The third-order valence-corrected chi connectivity index (χ3v) is 5.01. The van der Waals surface area contributed by atoms with Gasteiger partial charge in [-0.3, -0.25) is 4.98 Å². The van der Waals surface area contributed by atoms with E-state index in [4.69, 9.17) is 0 Å². The summed E-state index contributed by atoms with van der Waals surface area (Å²) in [7, 11) is 0. The zero-order valence-electron chi connectivity index (χ0n) is 10.9. The third-order valence-electron chi connectivity index (χ3n) is 3.42. The molecule has 0 radical (unpaired) electrons. The number of aromatic nitrogens is 5. The zero-order chi connectivity index (χ0) is 13.0. The normalized spacial score (nSPS) is 11.9. The summed E-state index contributed by atoms with van der Waals surface area (Å²) >= 11 is 1.90. The van der Waals surface area contributed by atoms with Crippen LogP contribution in [-0.4, -0.2) is 42.6 Å². The smallest absolute Gasteiger partial charge is 0.199 e. The minimum Gasteiger partial charge on any atom is -0.367 e. The number of nitrogens with zero attached hydrogens (tertiary/aromatic N) is 5. The van der Waals surface area contributed by atoms with E-state index in [2.05, 4.69) is 45.9 Å². The van der Waals surface area contributed by atoms with Gasteiger partial charge in [0.1, 0.15) is 5.82 Å². The molecule has 0 aliphatic heterocycles. The molecule has 0 atom stereocenters. The van der Waals surface area contributed by atoms with Crippen molar-refractivity contribution < 1.29 is 0 Å². The second-order valence-corrected chi connectivity index (χ2v) is 5.46. The van der Waals surface area contributed by atoms with Crippen molar-refractivity contribution in [2.75, 3.05) is 18.1 Å². The molecule has 6 nitrogen and oxygen atoms in total. The predicted molar refractivity (Wildman–Crippen MR) is 73.9 cm³/mol. The average molecular weight is 266 g/mol. The summed E-state index contributed by atoms with van der Waals surface area (Å²) < 4.78 is 1.92. The van der Waals surface area contributed by atoms with Crippen molar-refractivity contribution in [1.29, 1.82) is 0 Å². The maximum absolute atomic E-state index is 4.13. The highest BCUT2D eigenvalue weighted by molar-refractivity contribution is 8.00. The Morgan fingerprint density at radius 3 is 2.78 bits per heavy atom. The Labute approximate surface area is 111 Å². The SMILES string of the molecule is CCC(CC)(CNc1cncc2nnnn12)SC. The molecule has 0 aliphatic carbocycles. The highest BCUT2D eigenvalue weighted by Crippen LogP contribution is 2.30. The summed E-state index contributed by atoms with van der Waals surface area (Å²) in [4.78, 5) is 4.13. The molecule has 7 heteroatoms. The Kier molecular flexibility index (Phi) is 4.00. The Balaban J connectivity index is 2.17. The van der Waals surface area contributed by atoms with Gasteiger partial charge in [0.05, 0.1) is 12.4 Å². The van der Waals surface area contributed by atoms with Crippen molar-refractivity contribution >= 4 is 23.2 Å². The quantitative estimate of drug-likeness (QED) is 0.860. The van der Waals surface area contributed by atoms with E-state index in [1.807, 2.05) is 11.8 Å². The molecule has 0 aliphatic rings. The minimum atomic E-state index is 0.246. The lowest BCUT2D eigenvalue weighted by Gasteiger charge is -2.30. The van der Waals surface area contributed by atoms with Gasteiger partial charge in [-0.1, -0.05) is 13.8 Å². The first-order valence-corrected chi connectivity index (χ1v) is 7.28. The summed E-state index contributed by atoms with van der Waals surface area (Å²) in [5, 5.41) is 14.9. The van der Waals surface area contributed by atoms with Crippen LogP contribution < -0.4 is 5.32 Å². The summed E-state index contributed by atoms with van der Waals surface area (Å²) in [5.74, 6) is 0.831. The minimum absolute atomic E-state index is 0.246. The number of thioether (sulfide) groups is 1. The maximum Gasteiger partial charge on any atom is 0.199 e. The summed E-state index contributed by atoms with van der Waals surface area (Å²) in [6.45, 7) is 5.32. The first kappa shape index (κ1) is 13.1. The molecule has 2 heterocycles. The van der Waals surface area contributed by atoms with Crippen LogP contribution in [0.2, 0.25) is 0 Å². The number of hydrogen-bond acceptors (Lipinski definition) is 6. The van der Waals surface area contributed by atoms with Crippen LogP contribution in [0.3, 0.4) is 0 Å². The lowest BCUT2D eigenvalue weighted by Crippen LogP contribution is -2.32. The van der Waals surface area contributed by atoms with Crippen molar-refractivity contribution in [3.63, 3.8) is 0 Å². The van der Waals surface area contributed by atoms with E-state index in [0.717, 1.165) is 25.2 Å². The molecule has 0 spiro atoms. The topological polar surface area (TPSA) is 68.0 Å². The van der Waals surface area contributed by atoms with Crippen LogP contribution in [0.1, 0.15) is 26.7 Å². The molecule has 0 saturated carbocycles. The molecule has 0 amide bonds. The second-order valence-electron chi connectivity index (χ2n) is 4.19. The molecule has 0 aromatic carbocycles. The number of fused-ring (bicyclic) bond motifs is 1. The van der Waals surface area contributed by atoms with Crippen LogP contribution in [-0.2, 0) is 0 Å². The number of nitrogens with one attached hydrogen (secondary N) is 1. The Morgan fingerprint density at radius 2 is 2.11 bits per heavy atom. The van der Waals surface area contributed by atoms with Crippen molar-refractivity contribution in [2.24, 2.45) is 0 Å². The molecule has 0 unspecified atom stereocenters. The highest BCUT2D eigenvalue weighted by Gasteiger charge is 2.24. The van der Waals surface area contributed by atoms with Gasteiger partial charge in [-0.2, -0.15) is 16.3 Å². The monoisotopic (exact) mass is 266 g/mol. The van der Waals surface area contributed by atoms with Gasteiger partial charge in [0.2, 0.25) is 0 Å².